The van der Waals surface area contributed by atoms with Gasteiger partial charge in [0.15, 0.2) is 0 Å². The van der Waals surface area contributed by atoms with E-state index in [0.29, 0.717) is 5.13 Å². The monoisotopic (exact) mass is 451 g/mol. The van der Waals surface area contributed by atoms with Gasteiger partial charge in [-0.25, -0.2) is 4.79 Å². The highest BCUT2D eigenvalue weighted by Gasteiger charge is 2.60. The third-order valence-electron chi connectivity index (χ3n) is 6.61. The normalized spacial score (nSPS) is 26.5. The first-order valence-corrected chi connectivity index (χ1v) is 11.9. The van der Waals surface area contributed by atoms with Crippen molar-refractivity contribution in [2.75, 3.05) is 11.9 Å². The molecule has 2 aliphatic carbocycles. The molecule has 166 valence electrons. The number of nitrogens with one attached hydrogen (secondary N) is 2. The second-order valence-electron chi connectivity index (χ2n) is 8.56. The first-order valence-electron chi connectivity index (χ1n) is 11.0. The van der Waals surface area contributed by atoms with E-state index in [9.17, 15) is 14.4 Å². The van der Waals surface area contributed by atoms with Crippen molar-refractivity contribution in [3.63, 3.8) is 0 Å². The summed E-state index contributed by atoms with van der Waals surface area (Å²) in [5, 5.41) is 14.9. The predicted molar refractivity (Wildman–Crippen MR) is 120 cm³/mol. The summed E-state index contributed by atoms with van der Waals surface area (Å²) in [6.07, 6.45) is 6.82. The van der Waals surface area contributed by atoms with E-state index in [2.05, 4.69) is 39.9 Å². The molecule has 1 saturated carbocycles. The van der Waals surface area contributed by atoms with Gasteiger partial charge in [0.2, 0.25) is 16.9 Å². The summed E-state index contributed by atoms with van der Waals surface area (Å²) in [5.74, 6) is -0.489. The van der Waals surface area contributed by atoms with Gasteiger partial charge in [-0.15, -0.1) is 10.2 Å². The molecule has 1 saturated heterocycles. The first-order chi connectivity index (χ1) is 15.6. The van der Waals surface area contributed by atoms with Crippen LogP contribution in [0, 0.1) is 23.7 Å². The van der Waals surface area contributed by atoms with Crippen molar-refractivity contribution in [1.29, 1.82) is 0 Å². The zero-order chi connectivity index (χ0) is 22.2. The highest BCUT2D eigenvalue weighted by Crippen LogP contribution is 2.53. The van der Waals surface area contributed by atoms with Gasteiger partial charge in [-0.2, -0.15) is 0 Å². The molecular formula is C23H25N5O3S. The van der Waals surface area contributed by atoms with Crippen LogP contribution in [0.2, 0.25) is 0 Å². The van der Waals surface area contributed by atoms with Crippen LogP contribution >= 0.6 is 11.3 Å². The molecule has 32 heavy (non-hydrogen) atoms. The molecule has 2 fully saturated rings. The summed E-state index contributed by atoms with van der Waals surface area (Å²) in [4.78, 5) is 40.6. The molecule has 5 atom stereocenters. The van der Waals surface area contributed by atoms with Crippen LogP contribution in [0.15, 0.2) is 42.5 Å². The Morgan fingerprint density at radius 3 is 2.47 bits per heavy atom. The Morgan fingerprint density at radius 1 is 1.12 bits per heavy atom. The van der Waals surface area contributed by atoms with E-state index in [1.807, 2.05) is 30.3 Å². The SMILES string of the molecule is CCCc1nnc(NC(=O)NCC(c2ccccc2)N2C(=O)C3C4C=CC(C4)C3C2=O)s1. The van der Waals surface area contributed by atoms with E-state index in [-0.39, 0.29) is 42.0 Å². The second-order valence-corrected chi connectivity index (χ2v) is 9.62. The molecule has 2 N–H and O–H groups in total. The van der Waals surface area contributed by atoms with Gasteiger partial charge < -0.3 is 5.32 Å². The number of aromatic nitrogens is 2. The van der Waals surface area contributed by atoms with E-state index in [0.717, 1.165) is 29.8 Å². The number of carbonyl (C=O) groups excluding carboxylic acids is 3. The van der Waals surface area contributed by atoms with Crippen molar-refractivity contribution in [2.24, 2.45) is 23.7 Å². The third kappa shape index (κ3) is 3.60. The van der Waals surface area contributed by atoms with Gasteiger partial charge >= 0.3 is 6.03 Å². The number of hydrogen-bond donors (Lipinski definition) is 2. The third-order valence-corrected chi connectivity index (χ3v) is 7.51. The number of rotatable bonds is 7. The molecule has 8 nitrogen and oxygen atoms in total. The zero-order valence-corrected chi connectivity index (χ0v) is 18.5. The Hall–Kier alpha value is -3.07. The number of aryl methyl sites for hydroxylation is 1. The van der Waals surface area contributed by atoms with E-state index in [4.69, 9.17) is 0 Å². The lowest BCUT2D eigenvalue weighted by atomic mass is 9.85. The van der Waals surface area contributed by atoms with Crippen LogP contribution in [0.1, 0.15) is 36.4 Å². The summed E-state index contributed by atoms with van der Waals surface area (Å²) < 4.78 is 0. The standard InChI is InChI=1S/C23H25N5O3S/c1-2-6-17-26-27-23(32-17)25-22(31)24-12-16(13-7-4-3-5-8-13)28-20(29)18-14-9-10-15(11-14)19(18)21(28)30/h3-5,7-10,14-16,18-19H,2,6,11-12H2,1H3,(H2,24,25,27,31). The van der Waals surface area contributed by atoms with Gasteiger partial charge in [-0.1, -0.05) is 60.7 Å². The summed E-state index contributed by atoms with van der Waals surface area (Å²) >= 11 is 1.34. The van der Waals surface area contributed by atoms with Crippen LogP contribution < -0.4 is 10.6 Å². The van der Waals surface area contributed by atoms with Crippen molar-refractivity contribution in [2.45, 2.75) is 32.2 Å². The Morgan fingerprint density at radius 2 is 1.81 bits per heavy atom. The number of nitrogens with zero attached hydrogens (tertiary/aromatic N) is 3. The number of benzene rings is 1. The van der Waals surface area contributed by atoms with Gasteiger partial charge in [-0.3, -0.25) is 19.8 Å². The molecular weight excluding hydrogens is 426 g/mol. The number of amides is 4. The second kappa shape index (κ2) is 8.46. The van der Waals surface area contributed by atoms with Crippen molar-refractivity contribution < 1.29 is 14.4 Å². The molecule has 1 aromatic heterocycles. The predicted octanol–water partition coefficient (Wildman–Crippen LogP) is 3.16. The summed E-state index contributed by atoms with van der Waals surface area (Å²) in [7, 11) is 0. The molecule has 0 spiro atoms. The number of fused-ring (bicyclic) bond motifs is 5. The summed E-state index contributed by atoms with van der Waals surface area (Å²) in [6, 6.07) is 8.40. The Bertz CT molecular complexity index is 1040. The van der Waals surface area contributed by atoms with Crippen molar-refractivity contribution in [3.05, 3.63) is 53.1 Å². The topological polar surface area (TPSA) is 104 Å². The van der Waals surface area contributed by atoms with E-state index in [1.54, 1.807) is 0 Å². The molecule has 5 unspecified atom stereocenters. The van der Waals surface area contributed by atoms with Crippen LogP contribution in [0.5, 0.6) is 0 Å². The van der Waals surface area contributed by atoms with Gasteiger partial charge in [0.05, 0.1) is 17.9 Å². The van der Waals surface area contributed by atoms with E-state index >= 15 is 0 Å². The fourth-order valence-corrected chi connectivity index (χ4v) is 6.05. The first kappa shape index (κ1) is 20.8. The Kier molecular flexibility index (Phi) is 5.50. The molecule has 3 aliphatic rings. The molecule has 9 heteroatoms. The van der Waals surface area contributed by atoms with Crippen LogP contribution in [-0.2, 0) is 16.0 Å². The number of hydrogen-bond acceptors (Lipinski definition) is 6. The quantitative estimate of drug-likeness (QED) is 0.497. The Labute approximate surface area is 190 Å². The molecule has 2 aromatic rings. The lowest BCUT2D eigenvalue weighted by Gasteiger charge is -2.28. The Balaban J connectivity index is 1.32. The molecule has 1 aromatic carbocycles. The highest BCUT2D eigenvalue weighted by atomic mass is 32.1. The maximum atomic E-state index is 13.3. The highest BCUT2D eigenvalue weighted by molar-refractivity contribution is 7.15. The van der Waals surface area contributed by atoms with E-state index in [1.165, 1.54) is 16.2 Å². The molecule has 4 amide bonds. The van der Waals surface area contributed by atoms with Crippen molar-refractivity contribution in [1.82, 2.24) is 20.4 Å². The number of imide groups is 1. The van der Waals surface area contributed by atoms with Crippen LogP contribution in [0.4, 0.5) is 9.93 Å². The number of allylic oxidation sites excluding steroid dienone is 2. The van der Waals surface area contributed by atoms with Crippen LogP contribution in [0.25, 0.3) is 0 Å². The van der Waals surface area contributed by atoms with Crippen molar-refractivity contribution >= 4 is 34.3 Å². The minimum Gasteiger partial charge on any atom is -0.335 e. The molecule has 5 rings (SSSR count). The lowest BCUT2D eigenvalue weighted by molar-refractivity contribution is -0.143. The smallest absolute Gasteiger partial charge is 0.321 e. The molecule has 0 radical (unpaired) electrons. The zero-order valence-electron chi connectivity index (χ0n) is 17.7. The van der Waals surface area contributed by atoms with Crippen LogP contribution in [0.3, 0.4) is 0 Å². The largest absolute Gasteiger partial charge is 0.335 e. The molecule has 2 heterocycles. The van der Waals surface area contributed by atoms with Gasteiger partial charge in [-0.05, 0) is 30.2 Å². The average Bonchev–Trinajstić information content (AvgIpc) is 3.56. The average molecular weight is 452 g/mol. The van der Waals surface area contributed by atoms with Gasteiger partial charge in [0.25, 0.3) is 0 Å². The number of anilines is 1. The maximum absolute atomic E-state index is 13.3. The number of carbonyl (C=O) groups is 3. The number of urea groups is 1. The summed E-state index contributed by atoms with van der Waals surface area (Å²) in [6.45, 7) is 2.18. The lowest BCUT2D eigenvalue weighted by Crippen LogP contribution is -2.43. The van der Waals surface area contributed by atoms with Crippen LogP contribution in [-0.4, -0.2) is 39.5 Å². The van der Waals surface area contributed by atoms with Gasteiger partial charge in [0, 0.05) is 13.0 Å². The fourth-order valence-electron chi connectivity index (χ4n) is 5.22. The van der Waals surface area contributed by atoms with Crippen molar-refractivity contribution in [3.8, 4) is 0 Å². The fraction of sp³-hybridized carbons (Fsp3) is 0.435. The minimum atomic E-state index is -0.558. The minimum absolute atomic E-state index is 0.121. The molecule has 2 bridgehead atoms. The molecule has 1 aliphatic heterocycles. The summed E-state index contributed by atoms with van der Waals surface area (Å²) in [5.41, 5.74) is 0.816. The number of likely N-dealkylation sites (tertiary alicyclic amines) is 1. The maximum Gasteiger partial charge on any atom is 0.321 e. The van der Waals surface area contributed by atoms with Gasteiger partial charge in [0.1, 0.15) is 5.01 Å². The van der Waals surface area contributed by atoms with E-state index < -0.39 is 12.1 Å².